The molecule has 0 aliphatic heterocycles. The fourth-order valence-corrected chi connectivity index (χ4v) is 1.47. The number of rotatable bonds is 4. The van der Waals surface area contributed by atoms with Gasteiger partial charge in [-0.05, 0) is 31.4 Å². The van der Waals surface area contributed by atoms with Crippen LogP contribution in [-0.4, -0.2) is 6.21 Å². The van der Waals surface area contributed by atoms with Crippen molar-refractivity contribution in [3.63, 3.8) is 0 Å². The molecule has 0 atom stereocenters. The zero-order valence-corrected chi connectivity index (χ0v) is 10.3. The Balaban J connectivity index is 2.83. The maximum absolute atomic E-state index is 4.43. The van der Waals surface area contributed by atoms with Crippen LogP contribution in [-0.2, 0) is 0 Å². The van der Waals surface area contributed by atoms with E-state index in [1.807, 2.05) is 38.3 Å². The SMILES string of the molecule is C\C=C(/C=N/C(C)=C/CC)c1ccccc1. The van der Waals surface area contributed by atoms with E-state index in [2.05, 4.69) is 36.2 Å². The number of benzene rings is 1. The molecule has 0 bridgehead atoms. The molecule has 0 heterocycles. The molecular weight excluding hydrogens is 194 g/mol. The minimum absolute atomic E-state index is 1.03. The van der Waals surface area contributed by atoms with Gasteiger partial charge in [0.1, 0.15) is 0 Å². The molecule has 16 heavy (non-hydrogen) atoms. The molecular formula is C15H19N. The van der Waals surface area contributed by atoms with E-state index in [0.29, 0.717) is 0 Å². The summed E-state index contributed by atoms with van der Waals surface area (Å²) in [5, 5.41) is 0. The molecule has 1 aromatic carbocycles. The van der Waals surface area contributed by atoms with Gasteiger partial charge in [-0.15, -0.1) is 0 Å². The van der Waals surface area contributed by atoms with E-state index >= 15 is 0 Å². The molecule has 0 amide bonds. The number of hydrogen-bond donors (Lipinski definition) is 0. The molecule has 0 aromatic heterocycles. The second kappa shape index (κ2) is 6.78. The lowest BCUT2D eigenvalue weighted by Crippen LogP contribution is -1.85. The molecule has 0 saturated heterocycles. The van der Waals surface area contributed by atoms with Crippen molar-refractivity contribution in [2.45, 2.75) is 27.2 Å². The molecule has 0 spiro atoms. The Morgan fingerprint density at radius 1 is 1.25 bits per heavy atom. The molecule has 0 unspecified atom stereocenters. The summed E-state index contributed by atoms with van der Waals surface area (Å²) in [6.07, 6.45) is 7.16. The lowest BCUT2D eigenvalue weighted by Gasteiger charge is -2.00. The van der Waals surface area contributed by atoms with Gasteiger partial charge in [0.2, 0.25) is 0 Å². The van der Waals surface area contributed by atoms with Crippen molar-refractivity contribution < 1.29 is 0 Å². The lowest BCUT2D eigenvalue weighted by molar-refractivity contribution is 1.16. The number of aliphatic imine (C=N–C) groups is 1. The monoisotopic (exact) mass is 213 g/mol. The van der Waals surface area contributed by atoms with Crippen molar-refractivity contribution in [2.24, 2.45) is 4.99 Å². The Bertz CT molecular complexity index is 397. The van der Waals surface area contributed by atoms with Crippen LogP contribution >= 0.6 is 0 Å². The third kappa shape index (κ3) is 3.85. The van der Waals surface area contributed by atoms with Crippen molar-refractivity contribution in [1.29, 1.82) is 0 Å². The van der Waals surface area contributed by atoms with E-state index < -0.39 is 0 Å². The second-order valence-electron chi connectivity index (χ2n) is 3.62. The molecule has 1 aromatic rings. The van der Waals surface area contributed by atoms with Gasteiger partial charge >= 0.3 is 0 Å². The summed E-state index contributed by atoms with van der Waals surface area (Å²) in [4.78, 5) is 4.43. The molecule has 0 aliphatic carbocycles. The Hall–Kier alpha value is -1.63. The Kier molecular flexibility index (Phi) is 5.27. The van der Waals surface area contributed by atoms with Crippen molar-refractivity contribution in [3.05, 3.63) is 53.7 Å². The first-order valence-corrected chi connectivity index (χ1v) is 5.70. The summed E-state index contributed by atoms with van der Waals surface area (Å²) in [7, 11) is 0. The second-order valence-corrected chi connectivity index (χ2v) is 3.62. The van der Waals surface area contributed by atoms with E-state index in [1.165, 1.54) is 5.56 Å². The Morgan fingerprint density at radius 3 is 2.50 bits per heavy atom. The summed E-state index contributed by atoms with van der Waals surface area (Å²) < 4.78 is 0. The number of hydrogen-bond acceptors (Lipinski definition) is 1. The quantitative estimate of drug-likeness (QED) is 0.654. The maximum atomic E-state index is 4.43. The van der Waals surface area contributed by atoms with E-state index in [4.69, 9.17) is 0 Å². The van der Waals surface area contributed by atoms with E-state index in [0.717, 1.165) is 17.7 Å². The molecule has 84 valence electrons. The summed E-state index contributed by atoms with van der Waals surface area (Å²) >= 11 is 0. The first-order chi connectivity index (χ1) is 7.77. The molecule has 0 N–H and O–H groups in total. The molecule has 1 nitrogen and oxygen atoms in total. The van der Waals surface area contributed by atoms with Crippen molar-refractivity contribution >= 4 is 11.8 Å². The predicted octanol–water partition coefficient (Wildman–Crippen LogP) is 4.47. The van der Waals surface area contributed by atoms with Gasteiger partial charge < -0.3 is 0 Å². The van der Waals surface area contributed by atoms with Crippen LogP contribution in [0.3, 0.4) is 0 Å². The third-order valence-corrected chi connectivity index (χ3v) is 2.32. The van der Waals surface area contributed by atoms with Crippen LogP contribution in [0.4, 0.5) is 0 Å². The van der Waals surface area contributed by atoms with E-state index in [9.17, 15) is 0 Å². The zero-order valence-electron chi connectivity index (χ0n) is 10.3. The van der Waals surface area contributed by atoms with E-state index in [-0.39, 0.29) is 0 Å². The highest BCUT2D eigenvalue weighted by atomic mass is 14.7. The highest BCUT2D eigenvalue weighted by Gasteiger charge is 1.95. The van der Waals surface area contributed by atoms with Crippen LogP contribution in [0.15, 0.2) is 53.2 Å². The van der Waals surface area contributed by atoms with Gasteiger partial charge in [0.15, 0.2) is 0 Å². The average molecular weight is 213 g/mol. The van der Waals surface area contributed by atoms with Gasteiger partial charge in [-0.25, -0.2) is 0 Å². The highest BCUT2D eigenvalue weighted by molar-refractivity contribution is 6.09. The van der Waals surface area contributed by atoms with Gasteiger partial charge in [-0.3, -0.25) is 4.99 Å². The van der Waals surface area contributed by atoms with E-state index in [1.54, 1.807) is 0 Å². The minimum atomic E-state index is 1.03. The van der Waals surface area contributed by atoms with Crippen molar-refractivity contribution in [2.75, 3.05) is 0 Å². The summed E-state index contributed by atoms with van der Waals surface area (Å²) in [6, 6.07) is 10.3. The van der Waals surface area contributed by atoms with Crippen LogP contribution in [0.25, 0.3) is 5.57 Å². The zero-order chi connectivity index (χ0) is 11.8. The van der Waals surface area contributed by atoms with Crippen LogP contribution in [0.2, 0.25) is 0 Å². The fourth-order valence-electron chi connectivity index (χ4n) is 1.47. The number of allylic oxidation sites excluding steroid dienone is 4. The Morgan fingerprint density at radius 2 is 1.94 bits per heavy atom. The molecule has 0 radical (unpaired) electrons. The highest BCUT2D eigenvalue weighted by Crippen LogP contribution is 2.12. The molecule has 0 saturated carbocycles. The largest absolute Gasteiger partial charge is 0.261 e. The minimum Gasteiger partial charge on any atom is -0.261 e. The molecule has 0 fully saturated rings. The fraction of sp³-hybridized carbons (Fsp3) is 0.267. The van der Waals surface area contributed by atoms with Crippen LogP contribution in [0, 0.1) is 0 Å². The summed E-state index contributed by atoms with van der Waals surface area (Å²) in [6.45, 7) is 6.18. The van der Waals surface area contributed by atoms with Crippen LogP contribution in [0.1, 0.15) is 32.8 Å². The third-order valence-electron chi connectivity index (χ3n) is 2.32. The predicted molar refractivity (Wildman–Crippen MR) is 72.6 cm³/mol. The number of nitrogens with zero attached hydrogens (tertiary/aromatic N) is 1. The normalized spacial score (nSPS) is 13.4. The van der Waals surface area contributed by atoms with Crippen molar-refractivity contribution in [1.82, 2.24) is 0 Å². The molecule has 1 rings (SSSR count). The van der Waals surface area contributed by atoms with Gasteiger partial charge in [-0.2, -0.15) is 0 Å². The van der Waals surface area contributed by atoms with Gasteiger partial charge in [0, 0.05) is 11.9 Å². The van der Waals surface area contributed by atoms with Gasteiger partial charge in [-0.1, -0.05) is 49.4 Å². The molecule has 1 heteroatoms. The first kappa shape index (κ1) is 12.4. The summed E-state index contributed by atoms with van der Waals surface area (Å²) in [5.74, 6) is 0. The standard InChI is InChI=1S/C15H19N/c1-4-9-13(3)16-12-14(5-2)15-10-7-6-8-11-15/h5-12H,4H2,1-3H3/b13-9+,14-5+,16-12+. The lowest BCUT2D eigenvalue weighted by atomic mass is 10.1. The van der Waals surface area contributed by atoms with Crippen LogP contribution < -0.4 is 0 Å². The Labute approximate surface area is 98.2 Å². The topological polar surface area (TPSA) is 12.4 Å². The van der Waals surface area contributed by atoms with Gasteiger partial charge in [0.05, 0.1) is 0 Å². The first-order valence-electron chi connectivity index (χ1n) is 5.70. The molecule has 0 aliphatic rings. The van der Waals surface area contributed by atoms with Gasteiger partial charge in [0.25, 0.3) is 0 Å². The van der Waals surface area contributed by atoms with Crippen molar-refractivity contribution in [3.8, 4) is 0 Å². The smallest absolute Gasteiger partial charge is 0.0346 e. The van der Waals surface area contributed by atoms with Crippen LogP contribution in [0.5, 0.6) is 0 Å². The average Bonchev–Trinajstić information content (AvgIpc) is 2.31. The maximum Gasteiger partial charge on any atom is 0.0346 e. The summed E-state index contributed by atoms with van der Waals surface area (Å²) in [5.41, 5.74) is 3.43.